The first kappa shape index (κ1) is 16.8. The number of amides is 1. The van der Waals surface area contributed by atoms with Gasteiger partial charge in [-0.1, -0.05) is 6.92 Å². The van der Waals surface area contributed by atoms with Crippen LogP contribution in [0.15, 0.2) is 24.3 Å². The van der Waals surface area contributed by atoms with Gasteiger partial charge in [0, 0.05) is 23.8 Å². The van der Waals surface area contributed by atoms with Crippen molar-refractivity contribution in [3.05, 3.63) is 29.8 Å². The number of nitrogens with one attached hydrogen (secondary N) is 3. The summed E-state index contributed by atoms with van der Waals surface area (Å²) in [5, 5.41) is 6.23. The number of piperidine rings is 1. The summed E-state index contributed by atoms with van der Waals surface area (Å²) in [5.74, 6) is -0.0409. The lowest BCUT2D eigenvalue weighted by Crippen LogP contribution is -2.45. The fourth-order valence-electron chi connectivity index (χ4n) is 2.43. The normalized spacial score (nSPS) is 18.7. The third kappa shape index (κ3) is 4.99. The Bertz CT molecular complexity index is 593. The van der Waals surface area contributed by atoms with Gasteiger partial charge in [0.2, 0.25) is 10.0 Å². The third-order valence-corrected chi connectivity index (χ3v) is 5.02. The largest absolute Gasteiger partial charge is 0.348 e. The van der Waals surface area contributed by atoms with Gasteiger partial charge in [-0.15, -0.1) is 0 Å². The van der Waals surface area contributed by atoms with Crippen LogP contribution in [0, 0.1) is 0 Å². The number of sulfonamides is 1. The van der Waals surface area contributed by atoms with E-state index in [9.17, 15) is 13.2 Å². The van der Waals surface area contributed by atoms with Crippen molar-refractivity contribution in [3.63, 3.8) is 0 Å². The van der Waals surface area contributed by atoms with Crippen molar-refractivity contribution in [3.8, 4) is 0 Å². The van der Waals surface area contributed by atoms with E-state index in [-0.39, 0.29) is 17.7 Å². The monoisotopic (exact) mass is 325 g/mol. The Morgan fingerprint density at radius 2 is 2.05 bits per heavy atom. The van der Waals surface area contributed by atoms with Crippen molar-refractivity contribution in [2.45, 2.75) is 32.2 Å². The van der Waals surface area contributed by atoms with Crippen LogP contribution in [0.25, 0.3) is 0 Å². The number of carbonyl (C=O) groups is 1. The molecule has 1 aliphatic rings. The molecular formula is C15H23N3O3S. The fraction of sp³-hybridized carbons (Fsp3) is 0.533. The van der Waals surface area contributed by atoms with Crippen LogP contribution in [0.1, 0.15) is 36.5 Å². The molecule has 1 unspecified atom stereocenters. The smallest absolute Gasteiger partial charge is 0.251 e. The highest BCUT2D eigenvalue weighted by molar-refractivity contribution is 7.92. The van der Waals surface area contributed by atoms with Gasteiger partial charge in [-0.05, 0) is 50.1 Å². The number of benzene rings is 1. The molecule has 0 bridgehead atoms. The minimum absolute atomic E-state index is 0.0872. The van der Waals surface area contributed by atoms with Gasteiger partial charge in [-0.25, -0.2) is 8.42 Å². The second kappa shape index (κ2) is 7.60. The Kier molecular flexibility index (Phi) is 5.79. The first-order chi connectivity index (χ1) is 10.5. The second-order valence-corrected chi connectivity index (χ2v) is 7.36. The molecule has 1 fully saturated rings. The Hall–Kier alpha value is -1.60. The van der Waals surface area contributed by atoms with Crippen LogP contribution in [0.3, 0.4) is 0 Å². The maximum absolute atomic E-state index is 12.1. The minimum atomic E-state index is -3.30. The molecule has 122 valence electrons. The maximum atomic E-state index is 12.1. The van der Waals surface area contributed by atoms with Crippen molar-refractivity contribution in [1.29, 1.82) is 0 Å². The minimum Gasteiger partial charge on any atom is -0.348 e. The molecule has 7 heteroatoms. The summed E-state index contributed by atoms with van der Waals surface area (Å²) in [7, 11) is -3.30. The Balaban J connectivity index is 1.94. The average molecular weight is 325 g/mol. The molecule has 1 aromatic carbocycles. The van der Waals surface area contributed by atoms with Gasteiger partial charge >= 0.3 is 0 Å². The molecule has 6 nitrogen and oxygen atoms in total. The number of hydrogen-bond donors (Lipinski definition) is 3. The lowest BCUT2D eigenvalue weighted by Gasteiger charge is -2.23. The van der Waals surface area contributed by atoms with Crippen LogP contribution >= 0.6 is 0 Å². The topological polar surface area (TPSA) is 87.3 Å². The number of rotatable bonds is 6. The summed E-state index contributed by atoms with van der Waals surface area (Å²) in [5.41, 5.74) is 1.01. The van der Waals surface area contributed by atoms with E-state index in [1.807, 2.05) is 6.92 Å². The van der Waals surface area contributed by atoms with E-state index < -0.39 is 10.0 Å². The molecule has 3 N–H and O–H groups in total. The highest BCUT2D eigenvalue weighted by atomic mass is 32.2. The molecule has 1 aromatic rings. The molecule has 1 aliphatic heterocycles. The third-order valence-electron chi connectivity index (χ3n) is 3.53. The predicted molar refractivity (Wildman–Crippen MR) is 87.5 cm³/mol. The second-order valence-electron chi connectivity index (χ2n) is 5.52. The van der Waals surface area contributed by atoms with Gasteiger partial charge in [-0.2, -0.15) is 0 Å². The van der Waals surface area contributed by atoms with Gasteiger partial charge in [0.25, 0.3) is 5.91 Å². The van der Waals surface area contributed by atoms with Crippen LogP contribution < -0.4 is 15.4 Å². The van der Waals surface area contributed by atoms with E-state index >= 15 is 0 Å². The molecule has 0 saturated carbocycles. The first-order valence-electron chi connectivity index (χ1n) is 7.62. The lowest BCUT2D eigenvalue weighted by molar-refractivity contribution is 0.0930. The number of carbonyl (C=O) groups excluding carboxylic acids is 1. The Morgan fingerprint density at radius 1 is 1.32 bits per heavy atom. The Labute approximate surface area is 131 Å². The lowest BCUT2D eigenvalue weighted by atomic mass is 10.1. The average Bonchev–Trinajstić information content (AvgIpc) is 2.48. The van der Waals surface area contributed by atoms with E-state index in [1.165, 1.54) is 0 Å². The summed E-state index contributed by atoms with van der Waals surface area (Å²) >= 11 is 0. The van der Waals surface area contributed by atoms with E-state index in [0.717, 1.165) is 25.9 Å². The summed E-state index contributed by atoms with van der Waals surface area (Å²) < 4.78 is 25.9. The molecule has 2 rings (SSSR count). The first-order valence-corrected chi connectivity index (χ1v) is 9.27. The van der Waals surface area contributed by atoms with Gasteiger partial charge in [0.15, 0.2) is 0 Å². The van der Waals surface area contributed by atoms with Crippen LogP contribution in [0.4, 0.5) is 5.69 Å². The van der Waals surface area contributed by atoms with Gasteiger partial charge in [-0.3, -0.25) is 9.52 Å². The van der Waals surface area contributed by atoms with E-state index in [0.29, 0.717) is 17.7 Å². The SMILES string of the molecule is CCCS(=O)(=O)Nc1ccc(C(=O)NC2CCCNC2)cc1. The highest BCUT2D eigenvalue weighted by Gasteiger charge is 2.16. The zero-order valence-corrected chi connectivity index (χ0v) is 13.6. The molecule has 22 heavy (non-hydrogen) atoms. The summed E-state index contributed by atoms with van der Waals surface area (Å²) in [6, 6.07) is 6.65. The van der Waals surface area contributed by atoms with Gasteiger partial charge in [0.1, 0.15) is 0 Å². The van der Waals surface area contributed by atoms with Crippen molar-refractivity contribution >= 4 is 21.6 Å². The van der Waals surface area contributed by atoms with Gasteiger partial charge in [0.05, 0.1) is 5.75 Å². The molecule has 0 radical (unpaired) electrons. The number of anilines is 1. The maximum Gasteiger partial charge on any atom is 0.251 e. The number of hydrogen-bond acceptors (Lipinski definition) is 4. The summed E-state index contributed by atoms with van der Waals surface area (Å²) in [6.07, 6.45) is 2.60. The molecule has 1 amide bonds. The molecule has 1 saturated heterocycles. The standard InChI is InChI=1S/C15H23N3O3S/c1-2-10-22(20,21)18-13-7-5-12(6-8-13)15(19)17-14-4-3-9-16-11-14/h5-8,14,16,18H,2-4,9-11H2,1H3,(H,17,19). The highest BCUT2D eigenvalue weighted by Crippen LogP contribution is 2.12. The molecule has 0 aliphatic carbocycles. The summed E-state index contributed by atoms with van der Waals surface area (Å²) in [6.45, 7) is 3.60. The zero-order chi connectivity index (χ0) is 16.0. The van der Waals surface area contributed by atoms with Crippen molar-refractivity contribution in [1.82, 2.24) is 10.6 Å². The van der Waals surface area contributed by atoms with Crippen molar-refractivity contribution < 1.29 is 13.2 Å². The molecular weight excluding hydrogens is 302 g/mol. The molecule has 1 heterocycles. The van der Waals surface area contributed by atoms with E-state index in [2.05, 4.69) is 15.4 Å². The Morgan fingerprint density at radius 3 is 2.64 bits per heavy atom. The summed E-state index contributed by atoms with van der Waals surface area (Å²) in [4.78, 5) is 12.1. The zero-order valence-electron chi connectivity index (χ0n) is 12.8. The van der Waals surface area contributed by atoms with Crippen LogP contribution in [-0.2, 0) is 10.0 Å². The molecule has 0 spiro atoms. The quantitative estimate of drug-likeness (QED) is 0.736. The van der Waals surface area contributed by atoms with Crippen molar-refractivity contribution in [2.24, 2.45) is 0 Å². The van der Waals surface area contributed by atoms with Crippen molar-refractivity contribution in [2.75, 3.05) is 23.6 Å². The van der Waals surface area contributed by atoms with Gasteiger partial charge < -0.3 is 10.6 Å². The van der Waals surface area contributed by atoms with Crippen LogP contribution in [-0.4, -0.2) is 39.2 Å². The van der Waals surface area contributed by atoms with E-state index in [4.69, 9.17) is 0 Å². The van der Waals surface area contributed by atoms with Crippen LogP contribution in [0.2, 0.25) is 0 Å². The fourth-order valence-corrected chi connectivity index (χ4v) is 3.57. The predicted octanol–water partition coefficient (Wildman–Crippen LogP) is 1.32. The van der Waals surface area contributed by atoms with E-state index in [1.54, 1.807) is 24.3 Å². The molecule has 0 aromatic heterocycles. The van der Waals surface area contributed by atoms with Crippen LogP contribution in [0.5, 0.6) is 0 Å². The molecule has 1 atom stereocenters.